The molecule has 0 aliphatic carbocycles. The molecule has 3 rings (SSSR count). The normalized spacial score (nSPS) is 18.1. The van der Waals surface area contributed by atoms with Gasteiger partial charge in [0.15, 0.2) is 5.69 Å². The van der Waals surface area contributed by atoms with E-state index in [2.05, 4.69) is 5.16 Å². The number of hydrogen-bond acceptors (Lipinski definition) is 4. The summed E-state index contributed by atoms with van der Waals surface area (Å²) in [6.45, 7) is 4.78. The Morgan fingerprint density at radius 1 is 1.22 bits per heavy atom. The maximum Gasteiger partial charge on any atom is 0.276 e. The van der Waals surface area contributed by atoms with Crippen LogP contribution in [0, 0.1) is 6.92 Å². The van der Waals surface area contributed by atoms with Crippen molar-refractivity contribution >= 4 is 11.8 Å². The number of benzene rings is 1. The molecule has 23 heavy (non-hydrogen) atoms. The van der Waals surface area contributed by atoms with Gasteiger partial charge in [-0.2, -0.15) is 0 Å². The van der Waals surface area contributed by atoms with Gasteiger partial charge in [0.2, 0.25) is 5.91 Å². The maximum atomic E-state index is 12.6. The van der Waals surface area contributed by atoms with Gasteiger partial charge in [-0.15, -0.1) is 0 Å². The predicted octanol–water partition coefficient (Wildman–Crippen LogP) is 2.03. The molecule has 1 atom stereocenters. The first kappa shape index (κ1) is 15.3. The number of hydrogen-bond donors (Lipinski definition) is 0. The van der Waals surface area contributed by atoms with Crippen molar-refractivity contribution in [1.82, 2.24) is 15.0 Å². The highest BCUT2D eigenvalue weighted by Crippen LogP contribution is 2.26. The molecule has 1 aromatic carbocycles. The Bertz CT molecular complexity index is 711. The third-order valence-corrected chi connectivity index (χ3v) is 4.10. The average molecular weight is 313 g/mol. The fourth-order valence-electron chi connectivity index (χ4n) is 2.93. The van der Waals surface area contributed by atoms with Crippen molar-refractivity contribution < 1.29 is 14.1 Å². The Morgan fingerprint density at radius 2 is 1.96 bits per heavy atom. The number of aryl methyl sites for hydroxylation is 1. The fourth-order valence-corrected chi connectivity index (χ4v) is 2.93. The van der Waals surface area contributed by atoms with Gasteiger partial charge in [-0.3, -0.25) is 9.59 Å². The lowest BCUT2D eigenvalue weighted by Crippen LogP contribution is -2.51. The van der Waals surface area contributed by atoms with E-state index in [-0.39, 0.29) is 17.9 Å². The molecule has 2 aromatic rings. The summed E-state index contributed by atoms with van der Waals surface area (Å²) in [6, 6.07) is 11.3. The van der Waals surface area contributed by atoms with Crippen LogP contribution in [0.2, 0.25) is 0 Å². The molecule has 0 N–H and O–H groups in total. The van der Waals surface area contributed by atoms with E-state index in [0.29, 0.717) is 31.1 Å². The minimum Gasteiger partial charge on any atom is -0.361 e. The molecular weight excluding hydrogens is 294 g/mol. The Hall–Kier alpha value is -2.63. The largest absolute Gasteiger partial charge is 0.361 e. The lowest BCUT2D eigenvalue weighted by molar-refractivity contribution is -0.133. The molecule has 0 radical (unpaired) electrons. The van der Waals surface area contributed by atoms with Crippen LogP contribution in [0.15, 0.2) is 40.9 Å². The highest BCUT2D eigenvalue weighted by Gasteiger charge is 2.33. The Labute approximate surface area is 134 Å². The van der Waals surface area contributed by atoms with Crippen LogP contribution in [0.3, 0.4) is 0 Å². The first-order valence-electron chi connectivity index (χ1n) is 7.61. The van der Waals surface area contributed by atoms with Crippen molar-refractivity contribution in [3.8, 4) is 0 Å². The van der Waals surface area contributed by atoms with E-state index < -0.39 is 0 Å². The van der Waals surface area contributed by atoms with Crippen molar-refractivity contribution in [2.45, 2.75) is 19.9 Å². The minimum absolute atomic E-state index is 0.0169. The van der Waals surface area contributed by atoms with Crippen LogP contribution in [-0.2, 0) is 4.79 Å². The van der Waals surface area contributed by atoms with Crippen LogP contribution in [-0.4, -0.2) is 46.4 Å². The molecule has 2 heterocycles. The number of piperazine rings is 1. The number of carbonyl (C=O) groups is 2. The van der Waals surface area contributed by atoms with E-state index in [0.717, 1.165) is 5.56 Å². The van der Waals surface area contributed by atoms with Gasteiger partial charge in [-0.25, -0.2) is 0 Å². The monoisotopic (exact) mass is 313 g/mol. The Kier molecular flexibility index (Phi) is 4.14. The zero-order valence-electron chi connectivity index (χ0n) is 13.2. The SMILES string of the molecule is CC(=O)N1CCN(C(=O)c2cc(C)on2)CC1c1ccccc1. The molecule has 0 saturated carbocycles. The van der Waals surface area contributed by atoms with E-state index in [1.807, 2.05) is 35.2 Å². The van der Waals surface area contributed by atoms with Gasteiger partial charge >= 0.3 is 0 Å². The summed E-state index contributed by atoms with van der Waals surface area (Å²) in [5, 5.41) is 3.80. The number of carbonyl (C=O) groups excluding carboxylic acids is 2. The fraction of sp³-hybridized carbons (Fsp3) is 0.353. The summed E-state index contributed by atoms with van der Waals surface area (Å²) >= 11 is 0. The van der Waals surface area contributed by atoms with Crippen LogP contribution >= 0.6 is 0 Å². The van der Waals surface area contributed by atoms with E-state index in [9.17, 15) is 9.59 Å². The van der Waals surface area contributed by atoms with E-state index in [4.69, 9.17) is 4.52 Å². The molecule has 0 bridgehead atoms. The quantitative estimate of drug-likeness (QED) is 0.851. The second kappa shape index (κ2) is 6.24. The molecule has 1 aliphatic rings. The number of nitrogens with zero attached hydrogens (tertiary/aromatic N) is 3. The standard InChI is InChI=1S/C17H19N3O3/c1-12-10-15(18-23-12)17(22)19-8-9-20(13(2)21)16(11-19)14-6-4-3-5-7-14/h3-7,10,16H,8-9,11H2,1-2H3. The Balaban J connectivity index is 1.84. The second-order valence-corrected chi connectivity index (χ2v) is 5.71. The van der Waals surface area contributed by atoms with Crippen molar-refractivity contribution in [2.24, 2.45) is 0 Å². The number of amides is 2. The first-order valence-corrected chi connectivity index (χ1v) is 7.61. The zero-order chi connectivity index (χ0) is 16.4. The first-order chi connectivity index (χ1) is 11.1. The van der Waals surface area contributed by atoms with Crippen molar-refractivity contribution in [2.75, 3.05) is 19.6 Å². The number of rotatable bonds is 2. The minimum atomic E-state index is -0.161. The van der Waals surface area contributed by atoms with Crippen molar-refractivity contribution in [3.05, 3.63) is 53.4 Å². The van der Waals surface area contributed by atoms with Crippen LogP contribution in [0.25, 0.3) is 0 Å². The van der Waals surface area contributed by atoms with Gasteiger partial charge in [0.05, 0.1) is 6.04 Å². The molecule has 1 aromatic heterocycles. The molecule has 6 nitrogen and oxygen atoms in total. The molecule has 1 unspecified atom stereocenters. The predicted molar refractivity (Wildman–Crippen MR) is 83.7 cm³/mol. The lowest BCUT2D eigenvalue weighted by atomic mass is 10.0. The highest BCUT2D eigenvalue weighted by molar-refractivity contribution is 5.92. The van der Waals surface area contributed by atoms with Gasteiger partial charge in [0.25, 0.3) is 5.91 Å². The smallest absolute Gasteiger partial charge is 0.276 e. The van der Waals surface area contributed by atoms with Crippen LogP contribution < -0.4 is 0 Å². The van der Waals surface area contributed by atoms with Gasteiger partial charge in [0.1, 0.15) is 5.76 Å². The third-order valence-electron chi connectivity index (χ3n) is 4.10. The molecule has 1 saturated heterocycles. The van der Waals surface area contributed by atoms with Crippen molar-refractivity contribution in [1.29, 1.82) is 0 Å². The summed E-state index contributed by atoms with van der Waals surface area (Å²) in [4.78, 5) is 28.0. The summed E-state index contributed by atoms with van der Waals surface area (Å²) in [7, 11) is 0. The van der Waals surface area contributed by atoms with Crippen LogP contribution in [0.5, 0.6) is 0 Å². The summed E-state index contributed by atoms with van der Waals surface area (Å²) in [6.07, 6.45) is 0. The molecule has 6 heteroatoms. The topological polar surface area (TPSA) is 66.7 Å². The zero-order valence-corrected chi connectivity index (χ0v) is 13.2. The van der Waals surface area contributed by atoms with E-state index >= 15 is 0 Å². The lowest BCUT2D eigenvalue weighted by Gasteiger charge is -2.41. The van der Waals surface area contributed by atoms with Gasteiger partial charge < -0.3 is 14.3 Å². The molecule has 1 aliphatic heterocycles. The van der Waals surface area contributed by atoms with Gasteiger partial charge in [-0.1, -0.05) is 35.5 Å². The van der Waals surface area contributed by atoms with Crippen molar-refractivity contribution in [3.63, 3.8) is 0 Å². The molecule has 2 amide bonds. The highest BCUT2D eigenvalue weighted by atomic mass is 16.5. The van der Waals surface area contributed by atoms with E-state index in [1.165, 1.54) is 0 Å². The summed E-state index contributed by atoms with van der Waals surface area (Å²) in [5.74, 6) is 0.463. The molecule has 0 spiro atoms. The van der Waals surface area contributed by atoms with E-state index in [1.54, 1.807) is 24.8 Å². The molecule has 120 valence electrons. The summed E-state index contributed by atoms with van der Waals surface area (Å²) < 4.78 is 4.99. The Morgan fingerprint density at radius 3 is 2.57 bits per heavy atom. The second-order valence-electron chi connectivity index (χ2n) is 5.71. The average Bonchev–Trinajstić information content (AvgIpc) is 3.01. The molecule has 1 fully saturated rings. The van der Waals surface area contributed by atoms with Gasteiger partial charge in [-0.05, 0) is 12.5 Å². The third kappa shape index (κ3) is 3.11. The number of aromatic nitrogens is 1. The van der Waals surface area contributed by atoms with Gasteiger partial charge in [0, 0.05) is 32.6 Å². The molecular formula is C17H19N3O3. The maximum absolute atomic E-state index is 12.6. The van der Waals surface area contributed by atoms with Crippen LogP contribution in [0.4, 0.5) is 0 Å². The van der Waals surface area contributed by atoms with Crippen LogP contribution in [0.1, 0.15) is 34.8 Å². The summed E-state index contributed by atoms with van der Waals surface area (Å²) in [5.41, 5.74) is 1.34.